The second-order valence-electron chi connectivity index (χ2n) is 5.95. The van der Waals surface area contributed by atoms with Crippen LogP contribution in [0, 0.1) is 0 Å². The molecule has 5 nitrogen and oxygen atoms in total. The number of amides is 1. The van der Waals surface area contributed by atoms with E-state index in [1.807, 2.05) is 43.1 Å². The molecule has 3 heterocycles. The number of carbonyl (C=O) groups is 1. The fourth-order valence-electron chi connectivity index (χ4n) is 3.08. The molecule has 3 rings (SSSR count). The first kappa shape index (κ1) is 15.6. The van der Waals surface area contributed by atoms with E-state index >= 15 is 0 Å². The van der Waals surface area contributed by atoms with Crippen molar-refractivity contribution < 1.29 is 4.79 Å². The van der Waals surface area contributed by atoms with Gasteiger partial charge in [-0.2, -0.15) is 11.8 Å². The van der Waals surface area contributed by atoms with Crippen molar-refractivity contribution in [2.45, 2.75) is 25.4 Å². The van der Waals surface area contributed by atoms with Crippen LogP contribution in [0.1, 0.15) is 13.3 Å². The maximum Gasteiger partial charge on any atom is 0.237 e. The molecule has 1 aromatic heterocycles. The maximum absolute atomic E-state index is 12.4. The third-order valence-corrected chi connectivity index (χ3v) is 5.42. The van der Waals surface area contributed by atoms with Crippen molar-refractivity contribution >= 4 is 23.5 Å². The van der Waals surface area contributed by atoms with Gasteiger partial charge in [-0.15, -0.1) is 0 Å². The minimum absolute atomic E-state index is 0.0233. The van der Waals surface area contributed by atoms with Gasteiger partial charge in [-0.1, -0.05) is 6.07 Å². The van der Waals surface area contributed by atoms with Gasteiger partial charge in [0.25, 0.3) is 0 Å². The van der Waals surface area contributed by atoms with Crippen LogP contribution >= 0.6 is 11.8 Å². The number of aromatic nitrogens is 1. The summed E-state index contributed by atoms with van der Waals surface area (Å²) >= 11 is 1.97. The van der Waals surface area contributed by atoms with Crippen molar-refractivity contribution in [3.05, 3.63) is 24.4 Å². The number of nitrogens with one attached hydrogen (secondary N) is 1. The molecule has 6 heteroatoms. The summed E-state index contributed by atoms with van der Waals surface area (Å²) < 4.78 is 0. The lowest BCUT2D eigenvalue weighted by molar-refractivity contribution is -0.126. The van der Waals surface area contributed by atoms with Crippen LogP contribution in [0.15, 0.2) is 24.4 Å². The number of hydrogen-bond donors (Lipinski definition) is 1. The van der Waals surface area contributed by atoms with Gasteiger partial charge in [0.2, 0.25) is 5.91 Å². The van der Waals surface area contributed by atoms with E-state index < -0.39 is 0 Å². The van der Waals surface area contributed by atoms with Gasteiger partial charge in [0.15, 0.2) is 0 Å². The summed E-state index contributed by atoms with van der Waals surface area (Å²) in [6.07, 6.45) is 2.81. The lowest BCUT2D eigenvalue weighted by Crippen LogP contribution is -2.51. The average molecular weight is 320 g/mol. The molecule has 0 bridgehead atoms. The molecule has 0 aliphatic carbocycles. The maximum atomic E-state index is 12.4. The van der Waals surface area contributed by atoms with Crippen LogP contribution in [0.4, 0.5) is 5.82 Å². The van der Waals surface area contributed by atoms with Crippen molar-refractivity contribution in [3.63, 3.8) is 0 Å². The molecular formula is C16H24N4OS. The van der Waals surface area contributed by atoms with Crippen LogP contribution in [-0.4, -0.2) is 65.6 Å². The number of nitrogens with zero attached hydrogens (tertiary/aromatic N) is 3. The highest BCUT2D eigenvalue weighted by Crippen LogP contribution is 2.18. The Hall–Kier alpha value is -1.27. The fraction of sp³-hybridized carbons (Fsp3) is 0.625. The molecule has 0 saturated carbocycles. The topological polar surface area (TPSA) is 48.5 Å². The minimum atomic E-state index is -0.0233. The quantitative estimate of drug-likeness (QED) is 0.904. The number of pyridine rings is 1. The molecule has 2 atom stereocenters. The highest BCUT2D eigenvalue weighted by Gasteiger charge is 2.28. The Balaban J connectivity index is 1.50. The van der Waals surface area contributed by atoms with Gasteiger partial charge in [0.1, 0.15) is 5.82 Å². The number of hydrogen-bond acceptors (Lipinski definition) is 5. The Labute approximate surface area is 136 Å². The Morgan fingerprint density at radius 3 is 2.91 bits per heavy atom. The molecule has 0 radical (unpaired) electrons. The molecule has 2 saturated heterocycles. The van der Waals surface area contributed by atoms with Crippen molar-refractivity contribution in [2.24, 2.45) is 0 Å². The van der Waals surface area contributed by atoms with Crippen molar-refractivity contribution in [2.75, 3.05) is 42.6 Å². The number of anilines is 1. The number of carbonyl (C=O) groups excluding carboxylic acids is 1. The van der Waals surface area contributed by atoms with Gasteiger partial charge in [-0.05, 0) is 25.5 Å². The van der Waals surface area contributed by atoms with Gasteiger partial charge in [-0.3, -0.25) is 9.69 Å². The van der Waals surface area contributed by atoms with E-state index in [9.17, 15) is 4.79 Å². The second kappa shape index (κ2) is 7.33. The fourth-order valence-corrected chi connectivity index (χ4v) is 4.01. The van der Waals surface area contributed by atoms with E-state index in [1.54, 1.807) is 0 Å². The molecule has 0 unspecified atom stereocenters. The van der Waals surface area contributed by atoms with Crippen LogP contribution in [0.5, 0.6) is 0 Å². The van der Waals surface area contributed by atoms with Gasteiger partial charge >= 0.3 is 0 Å². The normalized spacial score (nSPS) is 24.2. The zero-order valence-electron chi connectivity index (χ0n) is 13.1. The molecule has 0 aromatic carbocycles. The van der Waals surface area contributed by atoms with E-state index in [4.69, 9.17) is 0 Å². The molecule has 1 N–H and O–H groups in total. The molecule has 1 amide bonds. The van der Waals surface area contributed by atoms with Crippen molar-refractivity contribution in [1.82, 2.24) is 15.2 Å². The number of rotatable bonds is 4. The van der Waals surface area contributed by atoms with E-state index in [0.29, 0.717) is 0 Å². The Kier molecular flexibility index (Phi) is 5.20. The lowest BCUT2D eigenvalue weighted by Gasteiger charge is -2.31. The Morgan fingerprint density at radius 2 is 2.18 bits per heavy atom. The molecule has 120 valence electrons. The van der Waals surface area contributed by atoms with Gasteiger partial charge in [0, 0.05) is 49.9 Å². The summed E-state index contributed by atoms with van der Waals surface area (Å²) in [6.45, 7) is 5.87. The van der Waals surface area contributed by atoms with E-state index in [0.717, 1.165) is 49.9 Å². The Morgan fingerprint density at radius 1 is 1.36 bits per heavy atom. The molecular weight excluding hydrogens is 296 g/mol. The summed E-state index contributed by atoms with van der Waals surface area (Å²) in [6, 6.07) is 6.17. The van der Waals surface area contributed by atoms with Crippen molar-refractivity contribution in [3.8, 4) is 0 Å². The summed E-state index contributed by atoms with van der Waals surface area (Å²) in [5.41, 5.74) is 0. The predicted molar refractivity (Wildman–Crippen MR) is 91.4 cm³/mol. The summed E-state index contributed by atoms with van der Waals surface area (Å²) in [4.78, 5) is 21.4. The van der Waals surface area contributed by atoms with E-state index in [2.05, 4.69) is 20.1 Å². The number of thioether (sulfide) groups is 1. The first-order valence-corrected chi connectivity index (χ1v) is 9.17. The smallest absolute Gasteiger partial charge is 0.237 e. The largest absolute Gasteiger partial charge is 0.354 e. The van der Waals surface area contributed by atoms with Gasteiger partial charge < -0.3 is 10.2 Å². The van der Waals surface area contributed by atoms with Crippen LogP contribution < -0.4 is 10.2 Å². The second-order valence-corrected chi connectivity index (χ2v) is 7.18. The molecule has 2 aliphatic heterocycles. The van der Waals surface area contributed by atoms with Crippen LogP contribution in [0.3, 0.4) is 0 Å². The third-order valence-electron chi connectivity index (χ3n) is 4.48. The lowest BCUT2D eigenvalue weighted by atomic mass is 10.2. The molecule has 2 aliphatic rings. The predicted octanol–water partition coefficient (Wildman–Crippen LogP) is 1.21. The highest BCUT2D eigenvalue weighted by molar-refractivity contribution is 7.99. The van der Waals surface area contributed by atoms with E-state index in [1.165, 1.54) is 0 Å². The average Bonchev–Trinajstić information content (AvgIpc) is 3.04. The molecule has 22 heavy (non-hydrogen) atoms. The van der Waals surface area contributed by atoms with Crippen molar-refractivity contribution in [1.29, 1.82) is 0 Å². The highest BCUT2D eigenvalue weighted by atomic mass is 32.2. The summed E-state index contributed by atoms with van der Waals surface area (Å²) in [7, 11) is 0. The summed E-state index contributed by atoms with van der Waals surface area (Å²) in [5.74, 6) is 3.43. The van der Waals surface area contributed by atoms with Crippen LogP contribution in [0.25, 0.3) is 0 Å². The van der Waals surface area contributed by atoms with Crippen LogP contribution in [0.2, 0.25) is 0 Å². The standard InChI is InChI=1S/C16H24N4OS/c1-13(19-8-10-22-11-9-19)16(21)18-14-5-7-20(12-14)15-4-2-3-6-17-15/h2-4,6,13-14H,5,7-12H2,1H3,(H,18,21)/t13-,14-/m0/s1. The third kappa shape index (κ3) is 3.73. The monoisotopic (exact) mass is 320 g/mol. The van der Waals surface area contributed by atoms with Gasteiger partial charge in [0.05, 0.1) is 6.04 Å². The van der Waals surface area contributed by atoms with E-state index in [-0.39, 0.29) is 18.0 Å². The first-order valence-electron chi connectivity index (χ1n) is 8.02. The molecule has 1 aromatic rings. The van der Waals surface area contributed by atoms with Gasteiger partial charge in [-0.25, -0.2) is 4.98 Å². The van der Waals surface area contributed by atoms with Crippen LogP contribution in [-0.2, 0) is 4.79 Å². The SMILES string of the molecule is C[C@@H](C(=O)N[C@H]1CCN(c2ccccn2)C1)N1CCSCC1. The molecule has 0 spiro atoms. The molecule has 2 fully saturated rings. The summed E-state index contributed by atoms with van der Waals surface area (Å²) in [5, 5.41) is 3.22. The zero-order chi connectivity index (χ0) is 15.4. The Bertz CT molecular complexity index is 492. The minimum Gasteiger partial charge on any atom is -0.354 e. The zero-order valence-corrected chi connectivity index (χ0v) is 13.9. The first-order chi connectivity index (χ1) is 10.7.